The summed E-state index contributed by atoms with van der Waals surface area (Å²) in [4.78, 5) is 34.8. The maximum atomic E-state index is 12.6. The van der Waals surface area contributed by atoms with Gasteiger partial charge in [-0.05, 0) is 25.5 Å². The highest BCUT2D eigenvalue weighted by molar-refractivity contribution is 6.09. The van der Waals surface area contributed by atoms with Crippen LogP contribution in [0, 0.1) is 15.5 Å². The van der Waals surface area contributed by atoms with Gasteiger partial charge in [0.15, 0.2) is 0 Å². The number of cyclic esters (lactones) is 1. The number of esters is 1. The number of nitro groups is 1. The number of nitrogens with one attached hydrogen (secondary N) is 1. The number of non-ortho nitro benzene ring substituents is 1. The highest BCUT2D eigenvalue weighted by Crippen LogP contribution is 2.39. The number of benzene rings is 1. The van der Waals surface area contributed by atoms with E-state index in [1.807, 2.05) is 6.92 Å². The summed E-state index contributed by atoms with van der Waals surface area (Å²) in [5.41, 5.74) is -0.816. The molecule has 1 aromatic rings. The molecule has 2 unspecified atom stereocenters. The summed E-state index contributed by atoms with van der Waals surface area (Å²) in [6.45, 7) is 3.66. The third kappa shape index (κ3) is 2.93. The number of anilines is 1. The second-order valence-electron chi connectivity index (χ2n) is 5.51. The van der Waals surface area contributed by atoms with Crippen molar-refractivity contribution in [3.8, 4) is 0 Å². The topological polar surface area (TPSA) is 98.5 Å². The molecule has 1 aromatic carbocycles. The van der Waals surface area contributed by atoms with Crippen molar-refractivity contribution in [2.75, 3.05) is 5.32 Å². The zero-order valence-corrected chi connectivity index (χ0v) is 12.5. The van der Waals surface area contributed by atoms with Crippen LogP contribution in [0.15, 0.2) is 24.3 Å². The summed E-state index contributed by atoms with van der Waals surface area (Å²) in [6.07, 6.45) is 1.14. The largest absolute Gasteiger partial charge is 0.462 e. The minimum Gasteiger partial charge on any atom is -0.462 e. The van der Waals surface area contributed by atoms with Crippen LogP contribution in [0.4, 0.5) is 11.4 Å². The minimum atomic E-state index is -1.17. The number of nitro benzene ring substituents is 1. The fourth-order valence-corrected chi connectivity index (χ4v) is 2.76. The molecule has 0 aromatic heterocycles. The van der Waals surface area contributed by atoms with Gasteiger partial charge in [0.25, 0.3) is 5.69 Å². The molecular formula is C15H18N2O5. The van der Waals surface area contributed by atoms with Gasteiger partial charge in [0.2, 0.25) is 5.91 Å². The van der Waals surface area contributed by atoms with Gasteiger partial charge >= 0.3 is 5.97 Å². The monoisotopic (exact) mass is 306 g/mol. The summed E-state index contributed by atoms with van der Waals surface area (Å²) < 4.78 is 5.15. The molecule has 1 fully saturated rings. The number of nitrogens with zero attached hydrogens (tertiary/aromatic N) is 1. The normalized spacial score (nSPS) is 23.9. The molecule has 22 heavy (non-hydrogen) atoms. The Morgan fingerprint density at radius 3 is 2.55 bits per heavy atom. The molecule has 7 nitrogen and oxygen atoms in total. The van der Waals surface area contributed by atoms with E-state index in [1.54, 1.807) is 6.92 Å². The van der Waals surface area contributed by atoms with E-state index in [-0.39, 0.29) is 11.8 Å². The molecule has 0 aliphatic carbocycles. The van der Waals surface area contributed by atoms with Crippen LogP contribution in [0.1, 0.15) is 33.1 Å². The van der Waals surface area contributed by atoms with Gasteiger partial charge in [0.1, 0.15) is 11.5 Å². The quantitative estimate of drug-likeness (QED) is 0.390. The molecule has 1 saturated heterocycles. The molecule has 1 heterocycles. The van der Waals surface area contributed by atoms with Crippen LogP contribution < -0.4 is 5.32 Å². The average Bonchev–Trinajstić information content (AvgIpc) is 2.75. The highest BCUT2D eigenvalue weighted by atomic mass is 16.6. The summed E-state index contributed by atoms with van der Waals surface area (Å²) in [5, 5.41) is 13.3. The van der Waals surface area contributed by atoms with Gasteiger partial charge in [-0.2, -0.15) is 0 Å². The molecule has 2 rings (SSSR count). The standard InChI is InChI=1S/C15H18N2O5/c1-3-8-15(9-10(2)22-14(15)19)13(18)16-11-4-6-12(7-5-11)17(20)21/h4-7,10H,3,8-9H2,1-2H3,(H,16,18). The van der Waals surface area contributed by atoms with Gasteiger partial charge in [-0.15, -0.1) is 0 Å². The first-order valence-electron chi connectivity index (χ1n) is 7.16. The molecule has 1 aliphatic rings. The Hall–Kier alpha value is -2.44. The maximum Gasteiger partial charge on any atom is 0.322 e. The zero-order valence-electron chi connectivity index (χ0n) is 12.5. The van der Waals surface area contributed by atoms with Crippen LogP contribution in [0.2, 0.25) is 0 Å². The van der Waals surface area contributed by atoms with Gasteiger partial charge in [-0.25, -0.2) is 0 Å². The van der Waals surface area contributed by atoms with E-state index < -0.39 is 22.2 Å². The van der Waals surface area contributed by atoms with E-state index in [0.29, 0.717) is 24.9 Å². The van der Waals surface area contributed by atoms with E-state index in [9.17, 15) is 19.7 Å². The van der Waals surface area contributed by atoms with Gasteiger partial charge < -0.3 is 10.1 Å². The van der Waals surface area contributed by atoms with E-state index >= 15 is 0 Å². The Balaban J connectivity index is 2.18. The van der Waals surface area contributed by atoms with Crippen LogP contribution in [0.5, 0.6) is 0 Å². The molecule has 0 spiro atoms. The van der Waals surface area contributed by atoms with Gasteiger partial charge in [0, 0.05) is 24.2 Å². The van der Waals surface area contributed by atoms with E-state index in [1.165, 1.54) is 24.3 Å². The maximum absolute atomic E-state index is 12.6. The van der Waals surface area contributed by atoms with Crippen molar-refractivity contribution in [2.24, 2.45) is 5.41 Å². The third-order valence-electron chi connectivity index (χ3n) is 3.78. The lowest BCUT2D eigenvalue weighted by Crippen LogP contribution is -2.40. The number of hydrogen-bond acceptors (Lipinski definition) is 5. The number of rotatable bonds is 5. The number of amides is 1. The van der Waals surface area contributed by atoms with Crippen molar-refractivity contribution in [2.45, 2.75) is 39.2 Å². The SMILES string of the molecule is CCCC1(C(=O)Nc2ccc([N+](=O)[O-])cc2)CC(C)OC1=O. The second-order valence-corrected chi connectivity index (χ2v) is 5.51. The molecular weight excluding hydrogens is 288 g/mol. The number of carbonyl (C=O) groups is 2. The van der Waals surface area contributed by atoms with Crippen molar-refractivity contribution in [3.05, 3.63) is 34.4 Å². The first kappa shape index (κ1) is 15.9. The van der Waals surface area contributed by atoms with Crippen molar-refractivity contribution < 1.29 is 19.2 Å². The summed E-state index contributed by atoms with van der Waals surface area (Å²) >= 11 is 0. The van der Waals surface area contributed by atoms with Crippen molar-refractivity contribution >= 4 is 23.3 Å². The molecule has 0 radical (unpaired) electrons. The predicted octanol–water partition coefficient (Wildman–Crippen LogP) is 2.66. The van der Waals surface area contributed by atoms with Crippen LogP contribution >= 0.6 is 0 Å². The number of carbonyl (C=O) groups excluding carboxylic acids is 2. The Labute approximate surface area is 127 Å². The number of ether oxygens (including phenoxy) is 1. The van der Waals surface area contributed by atoms with E-state index in [2.05, 4.69) is 5.32 Å². The molecule has 7 heteroatoms. The van der Waals surface area contributed by atoms with Crippen molar-refractivity contribution in [1.82, 2.24) is 0 Å². The van der Waals surface area contributed by atoms with Crippen molar-refractivity contribution in [1.29, 1.82) is 0 Å². The van der Waals surface area contributed by atoms with Crippen LogP contribution in [-0.4, -0.2) is 22.9 Å². The van der Waals surface area contributed by atoms with Gasteiger partial charge in [-0.3, -0.25) is 19.7 Å². The first-order chi connectivity index (χ1) is 10.4. The molecule has 118 valence electrons. The lowest BCUT2D eigenvalue weighted by molar-refractivity contribution is -0.384. The zero-order chi connectivity index (χ0) is 16.3. The minimum absolute atomic E-state index is 0.0600. The van der Waals surface area contributed by atoms with Gasteiger partial charge in [-0.1, -0.05) is 13.3 Å². The molecule has 1 amide bonds. The van der Waals surface area contributed by atoms with Crippen molar-refractivity contribution in [3.63, 3.8) is 0 Å². The molecule has 1 N–H and O–H groups in total. The Kier molecular flexibility index (Phi) is 4.44. The molecule has 0 bridgehead atoms. The van der Waals surface area contributed by atoms with E-state index in [0.717, 1.165) is 0 Å². The third-order valence-corrected chi connectivity index (χ3v) is 3.78. The Morgan fingerprint density at radius 1 is 1.45 bits per heavy atom. The fourth-order valence-electron chi connectivity index (χ4n) is 2.76. The molecule has 1 aliphatic heterocycles. The van der Waals surface area contributed by atoms with Crippen LogP contribution in [-0.2, 0) is 14.3 Å². The summed E-state index contributed by atoms with van der Waals surface area (Å²) in [5.74, 6) is -0.918. The van der Waals surface area contributed by atoms with Gasteiger partial charge in [0.05, 0.1) is 4.92 Å². The lowest BCUT2D eigenvalue weighted by Gasteiger charge is -2.23. The van der Waals surface area contributed by atoms with Crippen LogP contribution in [0.25, 0.3) is 0 Å². The smallest absolute Gasteiger partial charge is 0.322 e. The number of hydrogen-bond donors (Lipinski definition) is 1. The lowest BCUT2D eigenvalue weighted by atomic mass is 9.79. The van der Waals surface area contributed by atoms with E-state index in [4.69, 9.17) is 4.74 Å². The van der Waals surface area contributed by atoms with Crippen LogP contribution in [0.3, 0.4) is 0 Å². The fraction of sp³-hybridized carbons (Fsp3) is 0.467. The average molecular weight is 306 g/mol. The molecule has 0 saturated carbocycles. The second kappa shape index (κ2) is 6.13. The Morgan fingerprint density at radius 2 is 2.09 bits per heavy atom. The summed E-state index contributed by atoms with van der Waals surface area (Å²) in [7, 11) is 0. The highest BCUT2D eigenvalue weighted by Gasteiger charge is 2.52. The molecule has 2 atom stereocenters. The predicted molar refractivity (Wildman–Crippen MR) is 79.2 cm³/mol. The Bertz CT molecular complexity index is 598. The summed E-state index contributed by atoms with van der Waals surface area (Å²) in [6, 6.07) is 5.49. The first-order valence-corrected chi connectivity index (χ1v) is 7.16.